The predicted molar refractivity (Wildman–Crippen MR) is 104 cm³/mol. The predicted octanol–water partition coefficient (Wildman–Crippen LogP) is 3.60. The largest absolute Gasteiger partial charge is 0.486 e. The number of aromatic nitrogens is 1. The molecule has 1 fully saturated rings. The van der Waals surface area contributed by atoms with Gasteiger partial charge in [-0.1, -0.05) is 36.4 Å². The van der Waals surface area contributed by atoms with Crippen LogP contribution >= 0.6 is 0 Å². The van der Waals surface area contributed by atoms with Gasteiger partial charge in [-0.15, -0.1) is 0 Å². The molecule has 1 unspecified atom stereocenters. The van der Waals surface area contributed by atoms with E-state index in [0.717, 1.165) is 34.4 Å². The molecule has 4 rings (SSSR count). The maximum atomic E-state index is 12.5. The zero-order valence-electron chi connectivity index (χ0n) is 15.3. The third kappa shape index (κ3) is 3.87. The summed E-state index contributed by atoms with van der Waals surface area (Å²) in [6.07, 6.45) is 2.54. The van der Waals surface area contributed by atoms with Crippen LogP contribution in [0.3, 0.4) is 0 Å². The van der Waals surface area contributed by atoms with Gasteiger partial charge in [0, 0.05) is 24.5 Å². The van der Waals surface area contributed by atoms with Crippen molar-refractivity contribution in [1.82, 2.24) is 9.88 Å². The van der Waals surface area contributed by atoms with E-state index in [1.54, 1.807) is 6.20 Å². The highest BCUT2D eigenvalue weighted by molar-refractivity contribution is 5.84. The van der Waals surface area contributed by atoms with Crippen LogP contribution in [0.4, 0.5) is 0 Å². The number of hydrogen-bond donors (Lipinski definition) is 0. The van der Waals surface area contributed by atoms with Gasteiger partial charge in [0.15, 0.2) is 6.61 Å². The molecule has 1 aliphatic rings. The van der Waals surface area contributed by atoms with E-state index in [4.69, 9.17) is 9.47 Å². The van der Waals surface area contributed by atoms with Gasteiger partial charge in [0.1, 0.15) is 23.1 Å². The Kier molecular flexibility index (Phi) is 4.92. The normalized spacial score (nSPS) is 16.5. The van der Waals surface area contributed by atoms with Gasteiger partial charge in [-0.25, -0.2) is 0 Å². The second-order valence-electron chi connectivity index (χ2n) is 6.75. The molecule has 3 aromatic rings. The van der Waals surface area contributed by atoms with Gasteiger partial charge in [0.2, 0.25) is 0 Å². The van der Waals surface area contributed by atoms with Crippen LogP contribution in [0.2, 0.25) is 0 Å². The average Bonchev–Trinajstić information content (AvgIpc) is 3.16. The Labute approximate surface area is 158 Å². The van der Waals surface area contributed by atoms with Crippen LogP contribution in [-0.2, 0) is 4.79 Å². The quantitative estimate of drug-likeness (QED) is 0.696. The molecule has 1 atom stereocenters. The molecule has 0 spiro atoms. The van der Waals surface area contributed by atoms with Crippen molar-refractivity contribution in [2.45, 2.75) is 19.4 Å². The molecular weight excluding hydrogens is 340 g/mol. The first-order valence-electron chi connectivity index (χ1n) is 9.17. The van der Waals surface area contributed by atoms with Crippen LogP contribution in [0.25, 0.3) is 10.9 Å². The van der Waals surface area contributed by atoms with E-state index in [1.165, 1.54) is 0 Å². The molecule has 0 N–H and O–H groups in total. The van der Waals surface area contributed by atoms with Gasteiger partial charge in [-0.05, 0) is 30.7 Å². The number of hydrogen-bond acceptors (Lipinski definition) is 4. The summed E-state index contributed by atoms with van der Waals surface area (Å²) in [5.41, 5.74) is 1.88. The standard InChI is InChI=1S/C22H22N2O3/c1-16-6-2-3-9-19(16)26-15-21(25)24-13-11-18(14-24)27-20-10-4-7-17-8-5-12-23-22(17)20/h2-10,12,18H,11,13-15H2,1H3. The first-order chi connectivity index (χ1) is 13.2. The van der Waals surface area contributed by atoms with Crippen molar-refractivity contribution in [2.75, 3.05) is 19.7 Å². The number of nitrogens with zero attached hydrogens (tertiary/aromatic N) is 2. The van der Waals surface area contributed by atoms with Crippen molar-refractivity contribution < 1.29 is 14.3 Å². The van der Waals surface area contributed by atoms with Gasteiger partial charge in [0.25, 0.3) is 5.91 Å². The van der Waals surface area contributed by atoms with Crippen LogP contribution < -0.4 is 9.47 Å². The third-order valence-electron chi connectivity index (χ3n) is 4.83. The lowest BCUT2D eigenvalue weighted by molar-refractivity contribution is -0.132. The minimum Gasteiger partial charge on any atom is -0.486 e. The Bertz CT molecular complexity index is 952. The molecule has 1 aromatic heterocycles. The number of ether oxygens (including phenoxy) is 2. The zero-order valence-corrected chi connectivity index (χ0v) is 15.3. The van der Waals surface area contributed by atoms with Gasteiger partial charge >= 0.3 is 0 Å². The van der Waals surface area contributed by atoms with Crippen LogP contribution in [-0.4, -0.2) is 41.6 Å². The molecule has 2 heterocycles. The van der Waals surface area contributed by atoms with Crippen molar-refractivity contribution in [2.24, 2.45) is 0 Å². The molecule has 138 valence electrons. The lowest BCUT2D eigenvalue weighted by Gasteiger charge is -2.18. The van der Waals surface area contributed by atoms with Gasteiger partial charge in [0.05, 0.1) is 6.54 Å². The minimum atomic E-state index is -0.0278. The van der Waals surface area contributed by atoms with Crippen molar-refractivity contribution in [3.8, 4) is 11.5 Å². The van der Waals surface area contributed by atoms with Crippen LogP contribution in [0, 0.1) is 6.92 Å². The third-order valence-corrected chi connectivity index (χ3v) is 4.83. The molecule has 27 heavy (non-hydrogen) atoms. The minimum absolute atomic E-state index is 0.0135. The fourth-order valence-corrected chi connectivity index (χ4v) is 3.35. The smallest absolute Gasteiger partial charge is 0.260 e. The van der Waals surface area contributed by atoms with E-state index in [1.807, 2.05) is 66.4 Å². The second kappa shape index (κ2) is 7.66. The van der Waals surface area contributed by atoms with Crippen molar-refractivity contribution in [1.29, 1.82) is 0 Å². The summed E-state index contributed by atoms with van der Waals surface area (Å²) in [6.45, 7) is 3.27. The zero-order chi connectivity index (χ0) is 18.6. The van der Waals surface area contributed by atoms with E-state index < -0.39 is 0 Å². The second-order valence-corrected chi connectivity index (χ2v) is 6.75. The highest BCUT2D eigenvalue weighted by Crippen LogP contribution is 2.26. The molecule has 2 aromatic carbocycles. The van der Waals surface area contributed by atoms with Crippen molar-refractivity contribution in [3.63, 3.8) is 0 Å². The molecule has 1 aliphatic heterocycles. The Hall–Kier alpha value is -3.08. The maximum Gasteiger partial charge on any atom is 0.260 e. The van der Waals surface area contributed by atoms with E-state index in [9.17, 15) is 4.79 Å². The SMILES string of the molecule is Cc1ccccc1OCC(=O)N1CCC(Oc2cccc3cccnc23)C1. The summed E-state index contributed by atoms with van der Waals surface area (Å²) in [4.78, 5) is 18.7. The van der Waals surface area contributed by atoms with E-state index in [-0.39, 0.29) is 18.6 Å². The highest BCUT2D eigenvalue weighted by atomic mass is 16.5. The monoisotopic (exact) mass is 362 g/mol. The Morgan fingerprint density at radius 3 is 2.81 bits per heavy atom. The number of para-hydroxylation sites is 2. The fraction of sp³-hybridized carbons (Fsp3) is 0.273. The van der Waals surface area contributed by atoms with Crippen molar-refractivity contribution >= 4 is 16.8 Å². The molecule has 1 amide bonds. The highest BCUT2D eigenvalue weighted by Gasteiger charge is 2.28. The Morgan fingerprint density at radius 1 is 1.11 bits per heavy atom. The number of fused-ring (bicyclic) bond motifs is 1. The lowest BCUT2D eigenvalue weighted by atomic mass is 10.2. The van der Waals surface area contributed by atoms with Crippen molar-refractivity contribution in [3.05, 3.63) is 66.4 Å². The Balaban J connectivity index is 1.35. The first kappa shape index (κ1) is 17.3. The van der Waals surface area contributed by atoms with Crippen LogP contribution in [0.15, 0.2) is 60.8 Å². The number of likely N-dealkylation sites (tertiary alicyclic amines) is 1. The number of benzene rings is 2. The molecule has 0 radical (unpaired) electrons. The molecule has 0 aliphatic carbocycles. The molecule has 1 saturated heterocycles. The fourth-order valence-electron chi connectivity index (χ4n) is 3.35. The topological polar surface area (TPSA) is 51.7 Å². The summed E-state index contributed by atoms with van der Waals surface area (Å²) in [5, 5.41) is 1.05. The van der Waals surface area contributed by atoms with Crippen LogP contribution in [0.1, 0.15) is 12.0 Å². The van der Waals surface area contributed by atoms with Gasteiger partial charge < -0.3 is 14.4 Å². The molecular formula is C22H22N2O3. The molecule has 0 bridgehead atoms. The number of carbonyl (C=O) groups is 1. The molecule has 0 saturated carbocycles. The number of rotatable bonds is 5. The molecule has 5 heteroatoms. The van der Waals surface area contributed by atoms with E-state index in [2.05, 4.69) is 4.98 Å². The summed E-state index contributed by atoms with van der Waals surface area (Å²) >= 11 is 0. The number of carbonyl (C=O) groups excluding carboxylic acids is 1. The summed E-state index contributed by atoms with van der Waals surface area (Å²) in [6, 6.07) is 17.6. The Morgan fingerprint density at radius 2 is 1.93 bits per heavy atom. The van der Waals surface area contributed by atoms with Crippen LogP contribution in [0.5, 0.6) is 11.5 Å². The van der Waals surface area contributed by atoms with E-state index >= 15 is 0 Å². The first-order valence-corrected chi connectivity index (χ1v) is 9.17. The number of aryl methyl sites for hydroxylation is 1. The maximum absolute atomic E-state index is 12.5. The summed E-state index contributed by atoms with van der Waals surface area (Å²) in [7, 11) is 0. The van der Waals surface area contributed by atoms with E-state index in [0.29, 0.717) is 13.1 Å². The summed E-state index contributed by atoms with van der Waals surface area (Å²) < 4.78 is 11.8. The van der Waals surface area contributed by atoms with Gasteiger partial charge in [-0.3, -0.25) is 9.78 Å². The number of pyridine rings is 1. The lowest BCUT2D eigenvalue weighted by Crippen LogP contribution is -2.34. The number of amides is 1. The van der Waals surface area contributed by atoms with Gasteiger partial charge in [-0.2, -0.15) is 0 Å². The average molecular weight is 362 g/mol. The molecule has 5 nitrogen and oxygen atoms in total. The summed E-state index contributed by atoms with van der Waals surface area (Å²) in [5.74, 6) is 1.50.